The maximum absolute atomic E-state index is 13.2. The first kappa shape index (κ1) is 19.4. The van der Waals surface area contributed by atoms with Crippen LogP contribution >= 0.6 is 12.4 Å². The molecule has 138 valence electrons. The topological polar surface area (TPSA) is 37.4 Å². The van der Waals surface area contributed by atoms with E-state index in [-0.39, 0.29) is 24.0 Å². The fraction of sp³-hybridized carbons (Fsp3) is 0.304. The lowest BCUT2D eigenvalue weighted by atomic mass is 9.76. The molecule has 1 fully saturated rings. The van der Waals surface area contributed by atoms with Crippen molar-refractivity contribution < 1.29 is 9.59 Å². The fourth-order valence-electron chi connectivity index (χ4n) is 3.94. The van der Waals surface area contributed by atoms with Gasteiger partial charge in [0.15, 0.2) is 17.0 Å². The molecule has 1 heterocycles. The third-order valence-electron chi connectivity index (χ3n) is 5.33. The third kappa shape index (κ3) is 3.32. The molecule has 0 aromatic heterocycles. The van der Waals surface area contributed by atoms with Gasteiger partial charge in [0.2, 0.25) is 0 Å². The predicted molar refractivity (Wildman–Crippen MR) is 109 cm³/mol. The number of nitrogens with zero attached hydrogens (tertiary/aromatic N) is 1. The first-order valence-corrected chi connectivity index (χ1v) is 9.20. The molecule has 1 saturated heterocycles. The highest BCUT2D eigenvalue weighted by Gasteiger charge is 2.53. The molecule has 3 nitrogen and oxygen atoms in total. The molecular weight excluding hydrogens is 358 g/mol. The van der Waals surface area contributed by atoms with Crippen molar-refractivity contribution >= 4 is 24.0 Å². The fourth-order valence-corrected chi connectivity index (χ4v) is 3.94. The Morgan fingerprint density at radius 2 is 1.41 bits per heavy atom. The van der Waals surface area contributed by atoms with E-state index < -0.39 is 5.41 Å². The minimum atomic E-state index is -1.39. The van der Waals surface area contributed by atoms with Crippen molar-refractivity contribution in [2.24, 2.45) is 0 Å². The highest BCUT2D eigenvalue weighted by molar-refractivity contribution is 6.35. The number of likely N-dealkylation sites (tertiary alicyclic amines) is 1. The van der Waals surface area contributed by atoms with Crippen LogP contribution in [0.15, 0.2) is 54.6 Å². The number of carbonyl (C=O) groups excluding carboxylic acids is 2. The summed E-state index contributed by atoms with van der Waals surface area (Å²) in [5.74, 6) is 5.87. The molecule has 0 spiro atoms. The van der Waals surface area contributed by atoms with Gasteiger partial charge in [0.1, 0.15) is 0 Å². The summed E-state index contributed by atoms with van der Waals surface area (Å²) in [7, 11) is 0. The van der Waals surface area contributed by atoms with Crippen LogP contribution in [0.25, 0.3) is 0 Å². The minimum absolute atomic E-state index is 0. The number of halogens is 1. The standard InChI is InChI=1S/C23H21NO2.ClH/c25-21-19-12-4-5-13-20(19)22(26)23(21,18-10-2-1-3-11-18)14-6-7-15-24-16-8-9-17-24;/h1-5,10-13H,7-9,15-17H2;1H. The average molecular weight is 380 g/mol. The highest BCUT2D eigenvalue weighted by atomic mass is 35.5. The van der Waals surface area contributed by atoms with Gasteiger partial charge in [-0.05, 0) is 31.5 Å². The number of ketones is 2. The molecule has 1 aliphatic heterocycles. The van der Waals surface area contributed by atoms with Gasteiger partial charge >= 0.3 is 0 Å². The van der Waals surface area contributed by atoms with E-state index in [0.29, 0.717) is 23.1 Å². The maximum Gasteiger partial charge on any atom is 0.194 e. The van der Waals surface area contributed by atoms with Crippen LogP contribution in [0.4, 0.5) is 0 Å². The molecule has 2 aromatic carbocycles. The number of rotatable bonds is 3. The Bertz CT molecular complexity index is 870. The van der Waals surface area contributed by atoms with Crippen LogP contribution in [-0.2, 0) is 5.41 Å². The van der Waals surface area contributed by atoms with Crippen molar-refractivity contribution in [2.75, 3.05) is 19.6 Å². The van der Waals surface area contributed by atoms with E-state index in [0.717, 1.165) is 19.6 Å². The lowest BCUT2D eigenvalue weighted by molar-refractivity contribution is 0.0842. The summed E-state index contributed by atoms with van der Waals surface area (Å²) in [4.78, 5) is 28.9. The lowest BCUT2D eigenvalue weighted by Crippen LogP contribution is -2.37. The van der Waals surface area contributed by atoms with Gasteiger partial charge < -0.3 is 4.90 Å². The summed E-state index contributed by atoms with van der Waals surface area (Å²) in [5.41, 5.74) is 0.237. The first-order valence-electron chi connectivity index (χ1n) is 9.20. The van der Waals surface area contributed by atoms with Gasteiger partial charge in [0, 0.05) is 24.1 Å². The number of hydrogen-bond acceptors (Lipinski definition) is 3. The summed E-state index contributed by atoms with van der Waals surface area (Å²) in [6.07, 6.45) is 3.16. The lowest BCUT2D eigenvalue weighted by Gasteiger charge is -2.20. The molecule has 2 aromatic rings. The molecule has 0 atom stereocenters. The molecule has 4 heteroatoms. The van der Waals surface area contributed by atoms with E-state index in [9.17, 15) is 9.59 Å². The molecule has 2 aliphatic rings. The van der Waals surface area contributed by atoms with Crippen LogP contribution in [0.1, 0.15) is 45.5 Å². The molecule has 0 N–H and O–H groups in total. The van der Waals surface area contributed by atoms with Crippen LogP contribution in [0.2, 0.25) is 0 Å². The van der Waals surface area contributed by atoms with Crippen molar-refractivity contribution in [3.63, 3.8) is 0 Å². The summed E-state index contributed by atoms with van der Waals surface area (Å²) in [6.45, 7) is 3.14. The molecule has 4 rings (SSSR count). The van der Waals surface area contributed by atoms with Crippen LogP contribution in [-0.4, -0.2) is 36.1 Å². The van der Waals surface area contributed by atoms with Crippen LogP contribution in [0.5, 0.6) is 0 Å². The van der Waals surface area contributed by atoms with Crippen molar-refractivity contribution in [3.05, 3.63) is 71.3 Å². The molecule has 0 radical (unpaired) electrons. The monoisotopic (exact) mass is 379 g/mol. The number of carbonyl (C=O) groups is 2. The Balaban J connectivity index is 0.00000210. The van der Waals surface area contributed by atoms with E-state index in [2.05, 4.69) is 16.7 Å². The predicted octanol–water partition coefficient (Wildman–Crippen LogP) is 3.91. The normalized spacial score (nSPS) is 17.8. The minimum Gasteiger partial charge on any atom is -0.302 e. The van der Waals surface area contributed by atoms with Gasteiger partial charge in [-0.3, -0.25) is 9.59 Å². The van der Waals surface area contributed by atoms with Gasteiger partial charge in [-0.15, -0.1) is 18.3 Å². The van der Waals surface area contributed by atoms with Crippen molar-refractivity contribution in [1.29, 1.82) is 0 Å². The summed E-state index contributed by atoms with van der Waals surface area (Å²) in [6, 6.07) is 16.3. The van der Waals surface area contributed by atoms with E-state index in [1.807, 2.05) is 30.3 Å². The molecule has 1 aliphatic carbocycles. The van der Waals surface area contributed by atoms with Crippen LogP contribution < -0.4 is 0 Å². The van der Waals surface area contributed by atoms with E-state index in [1.165, 1.54) is 12.8 Å². The summed E-state index contributed by atoms with van der Waals surface area (Å²) < 4.78 is 0. The smallest absolute Gasteiger partial charge is 0.194 e. The zero-order valence-corrected chi connectivity index (χ0v) is 15.9. The second kappa shape index (κ2) is 8.08. The molecule has 0 unspecified atom stereocenters. The molecule has 0 saturated carbocycles. The van der Waals surface area contributed by atoms with Gasteiger partial charge in [0.25, 0.3) is 0 Å². The van der Waals surface area contributed by atoms with Crippen LogP contribution in [0.3, 0.4) is 0 Å². The second-order valence-electron chi connectivity index (χ2n) is 6.92. The number of fused-ring (bicyclic) bond motifs is 1. The van der Waals surface area contributed by atoms with E-state index in [4.69, 9.17) is 0 Å². The van der Waals surface area contributed by atoms with Crippen LogP contribution in [0, 0.1) is 11.8 Å². The van der Waals surface area contributed by atoms with Gasteiger partial charge in [-0.1, -0.05) is 60.5 Å². The largest absolute Gasteiger partial charge is 0.302 e. The van der Waals surface area contributed by atoms with Gasteiger partial charge in [0.05, 0.1) is 0 Å². The van der Waals surface area contributed by atoms with E-state index >= 15 is 0 Å². The third-order valence-corrected chi connectivity index (χ3v) is 5.33. The van der Waals surface area contributed by atoms with Crippen molar-refractivity contribution in [2.45, 2.75) is 24.7 Å². The average Bonchev–Trinajstić information content (AvgIpc) is 3.28. The number of benzene rings is 2. The number of Topliss-reactive ketones (excluding diaryl/α,β-unsaturated/α-hetero) is 2. The van der Waals surface area contributed by atoms with Gasteiger partial charge in [-0.2, -0.15) is 0 Å². The maximum atomic E-state index is 13.2. The zero-order valence-electron chi connectivity index (χ0n) is 15.1. The second-order valence-corrected chi connectivity index (χ2v) is 6.92. The molecular formula is C23H22ClNO2. The summed E-state index contributed by atoms with van der Waals surface area (Å²) in [5, 5.41) is 0. The van der Waals surface area contributed by atoms with E-state index in [1.54, 1.807) is 24.3 Å². The summed E-state index contributed by atoms with van der Waals surface area (Å²) >= 11 is 0. The molecule has 0 amide bonds. The highest BCUT2D eigenvalue weighted by Crippen LogP contribution is 2.39. The Morgan fingerprint density at radius 1 is 0.852 bits per heavy atom. The molecule has 0 bridgehead atoms. The van der Waals surface area contributed by atoms with Crippen molar-refractivity contribution in [1.82, 2.24) is 4.90 Å². The molecule has 27 heavy (non-hydrogen) atoms. The quantitative estimate of drug-likeness (QED) is 0.599. The Labute approximate surface area is 166 Å². The Kier molecular flexibility index (Phi) is 5.79. The SMILES string of the molecule is Cl.O=C1c2ccccc2C(=O)C1(C#CCCN1CCCC1)c1ccccc1. The Hall–Kier alpha value is -2.41. The zero-order chi connectivity index (χ0) is 18.0. The van der Waals surface area contributed by atoms with Crippen molar-refractivity contribution in [3.8, 4) is 11.8 Å². The Morgan fingerprint density at radius 3 is 2.00 bits per heavy atom. The first-order chi connectivity index (χ1) is 12.7. The van der Waals surface area contributed by atoms with Gasteiger partial charge in [-0.25, -0.2) is 0 Å². The number of hydrogen-bond donors (Lipinski definition) is 0.